The summed E-state index contributed by atoms with van der Waals surface area (Å²) >= 11 is 0. The first-order valence-corrected chi connectivity index (χ1v) is 14.0. The molecule has 0 bridgehead atoms. The fourth-order valence-electron chi connectivity index (χ4n) is 4.96. The van der Waals surface area contributed by atoms with E-state index >= 15 is 0 Å². The van der Waals surface area contributed by atoms with Crippen LogP contribution in [-0.4, -0.2) is 71.8 Å². The average molecular weight is 527 g/mol. The first-order chi connectivity index (χ1) is 17.3. The Morgan fingerprint density at radius 3 is 2.57 bits per heavy atom. The zero-order chi connectivity index (χ0) is 26.6. The lowest BCUT2D eigenvalue weighted by Crippen LogP contribution is -2.61. The second-order valence-corrected chi connectivity index (χ2v) is 13.0. The molecule has 10 nitrogen and oxygen atoms in total. The number of benzene rings is 1. The molecule has 4 heterocycles. The third-order valence-corrected chi connectivity index (χ3v) is 8.29. The van der Waals surface area contributed by atoms with E-state index in [1.165, 1.54) is 10.5 Å². The highest BCUT2D eigenvalue weighted by Gasteiger charge is 2.38. The van der Waals surface area contributed by atoms with Gasteiger partial charge < -0.3 is 14.5 Å². The Balaban J connectivity index is 1.29. The second-order valence-electron chi connectivity index (χ2n) is 11.3. The van der Waals surface area contributed by atoms with Crippen molar-refractivity contribution in [2.75, 3.05) is 31.1 Å². The second kappa shape index (κ2) is 8.98. The highest BCUT2D eigenvalue weighted by Crippen LogP contribution is 2.36. The lowest BCUT2D eigenvalue weighted by molar-refractivity contribution is 0.00736. The van der Waals surface area contributed by atoms with E-state index in [2.05, 4.69) is 50.9 Å². The number of pyridine rings is 1. The van der Waals surface area contributed by atoms with Gasteiger partial charge in [-0.25, -0.2) is 22.4 Å². The molecule has 1 atom stereocenters. The number of anilines is 1. The molecule has 0 radical (unpaired) electrons. The number of aromatic nitrogens is 3. The van der Waals surface area contributed by atoms with Crippen molar-refractivity contribution in [3.05, 3.63) is 53.7 Å². The topological polar surface area (TPSA) is 109 Å². The van der Waals surface area contributed by atoms with Gasteiger partial charge in [0.15, 0.2) is 5.65 Å². The summed E-state index contributed by atoms with van der Waals surface area (Å²) in [4.78, 5) is 20.2. The quantitative estimate of drug-likeness (QED) is 0.544. The summed E-state index contributed by atoms with van der Waals surface area (Å²) in [6.07, 6.45) is 2.41. The number of carbonyl (C=O) groups excluding carboxylic acids is 1. The largest absolute Gasteiger partial charge is 0.444 e. The minimum atomic E-state index is -3.96. The van der Waals surface area contributed by atoms with Crippen molar-refractivity contribution in [1.29, 1.82) is 0 Å². The molecule has 2 aliphatic heterocycles. The Labute approximate surface area is 217 Å². The third-order valence-electron chi connectivity index (χ3n) is 6.99. The minimum absolute atomic E-state index is 0.0425. The van der Waals surface area contributed by atoms with E-state index in [0.29, 0.717) is 5.65 Å². The monoisotopic (exact) mass is 526 g/mol. The van der Waals surface area contributed by atoms with Crippen LogP contribution in [0.15, 0.2) is 47.8 Å². The van der Waals surface area contributed by atoms with Crippen LogP contribution in [0.1, 0.15) is 45.2 Å². The summed E-state index contributed by atoms with van der Waals surface area (Å²) in [5, 5.41) is 4.03. The number of amides is 1. The number of carbonyl (C=O) groups is 1. The predicted molar refractivity (Wildman–Crippen MR) is 140 cm³/mol. The molecular weight excluding hydrogens is 492 g/mol. The normalized spacial score (nSPS) is 20.9. The van der Waals surface area contributed by atoms with Gasteiger partial charge in [-0.05, 0) is 51.3 Å². The molecule has 0 unspecified atom stereocenters. The minimum Gasteiger partial charge on any atom is -0.444 e. The van der Waals surface area contributed by atoms with Crippen LogP contribution < -0.4 is 9.62 Å². The van der Waals surface area contributed by atoms with Gasteiger partial charge in [-0.15, -0.1) is 5.10 Å². The van der Waals surface area contributed by atoms with Crippen LogP contribution in [-0.2, 0) is 20.2 Å². The standard InChI is InChI=1S/C26H34N6O4S/c1-18-13-21(30-12-11-26(5,17-30)19-9-7-6-8-10-19)16-32-22(18)27-23(28-32)37(34,35)29-20-14-31(15-20)24(33)36-25(2,3)4/h6-10,13,16,20,29H,11-12,14-15,17H2,1-5H3/t26-/m0/s1. The van der Waals surface area contributed by atoms with Crippen LogP contribution in [0.25, 0.3) is 5.65 Å². The number of ether oxygens (including phenoxy) is 1. The number of rotatable bonds is 5. The van der Waals surface area contributed by atoms with Crippen LogP contribution in [0.4, 0.5) is 10.5 Å². The molecule has 2 aromatic heterocycles. The Morgan fingerprint density at radius 1 is 1.19 bits per heavy atom. The van der Waals surface area contributed by atoms with E-state index in [1.807, 2.05) is 25.3 Å². The van der Waals surface area contributed by atoms with Gasteiger partial charge in [-0.2, -0.15) is 4.98 Å². The molecule has 11 heteroatoms. The van der Waals surface area contributed by atoms with Crippen molar-refractivity contribution < 1.29 is 17.9 Å². The van der Waals surface area contributed by atoms with Crippen LogP contribution in [0, 0.1) is 6.92 Å². The zero-order valence-electron chi connectivity index (χ0n) is 21.9. The van der Waals surface area contributed by atoms with Gasteiger partial charge in [0.05, 0.1) is 17.9 Å². The number of likely N-dealkylation sites (tertiary alicyclic amines) is 1. The van der Waals surface area contributed by atoms with Gasteiger partial charge in [-0.3, -0.25) is 0 Å². The van der Waals surface area contributed by atoms with Crippen LogP contribution in [0.5, 0.6) is 0 Å². The average Bonchev–Trinajstić information content (AvgIpc) is 3.41. The molecule has 1 N–H and O–H groups in total. The van der Waals surface area contributed by atoms with Gasteiger partial charge in [0.1, 0.15) is 5.60 Å². The Bertz CT molecular complexity index is 1430. The van der Waals surface area contributed by atoms with Crippen molar-refractivity contribution in [3.63, 3.8) is 0 Å². The maximum atomic E-state index is 13.0. The smallest absolute Gasteiger partial charge is 0.410 e. The van der Waals surface area contributed by atoms with E-state index in [4.69, 9.17) is 4.74 Å². The van der Waals surface area contributed by atoms with Crippen molar-refractivity contribution >= 4 is 27.5 Å². The van der Waals surface area contributed by atoms with E-state index in [-0.39, 0.29) is 23.7 Å². The van der Waals surface area contributed by atoms with E-state index in [0.717, 1.165) is 30.8 Å². The summed E-state index contributed by atoms with van der Waals surface area (Å²) in [5.41, 5.74) is 3.09. The summed E-state index contributed by atoms with van der Waals surface area (Å²) in [7, 11) is -3.96. The van der Waals surface area contributed by atoms with Crippen LogP contribution in [0.2, 0.25) is 0 Å². The Kier molecular flexibility index (Phi) is 6.18. The fraction of sp³-hybridized carbons (Fsp3) is 0.500. The highest BCUT2D eigenvalue weighted by molar-refractivity contribution is 7.89. The molecule has 2 fully saturated rings. The van der Waals surface area contributed by atoms with E-state index < -0.39 is 27.8 Å². The summed E-state index contributed by atoms with van der Waals surface area (Å²) in [6, 6.07) is 12.1. The van der Waals surface area contributed by atoms with Gasteiger partial charge >= 0.3 is 6.09 Å². The number of aryl methyl sites for hydroxylation is 1. The van der Waals surface area contributed by atoms with E-state index in [1.54, 1.807) is 25.3 Å². The summed E-state index contributed by atoms with van der Waals surface area (Å²) in [5.74, 6) is 0. The van der Waals surface area contributed by atoms with Gasteiger partial charge in [0.25, 0.3) is 15.2 Å². The first-order valence-electron chi connectivity index (χ1n) is 12.5. The van der Waals surface area contributed by atoms with Crippen molar-refractivity contribution in [2.45, 2.75) is 63.3 Å². The summed E-state index contributed by atoms with van der Waals surface area (Å²) in [6.45, 7) is 11.8. The molecule has 5 rings (SSSR count). The number of nitrogens with one attached hydrogen (secondary N) is 1. The van der Waals surface area contributed by atoms with Crippen LogP contribution >= 0.6 is 0 Å². The molecule has 2 saturated heterocycles. The third kappa shape index (κ3) is 5.15. The lowest BCUT2D eigenvalue weighted by atomic mass is 9.82. The van der Waals surface area contributed by atoms with Crippen molar-refractivity contribution in [1.82, 2.24) is 24.2 Å². The van der Waals surface area contributed by atoms with E-state index in [9.17, 15) is 13.2 Å². The number of hydrogen-bond donors (Lipinski definition) is 1. The maximum Gasteiger partial charge on any atom is 0.410 e. The molecule has 2 aliphatic rings. The first kappa shape index (κ1) is 25.5. The number of fused-ring (bicyclic) bond motifs is 1. The Morgan fingerprint density at radius 2 is 1.89 bits per heavy atom. The number of sulfonamides is 1. The van der Waals surface area contributed by atoms with Crippen molar-refractivity contribution in [3.8, 4) is 0 Å². The highest BCUT2D eigenvalue weighted by atomic mass is 32.2. The van der Waals surface area contributed by atoms with Crippen LogP contribution in [0.3, 0.4) is 0 Å². The van der Waals surface area contributed by atoms with Gasteiger partial charge in [0.2, 0.25) is 0 Å². The number of hydrogen-bond acceptors (Lipinski definition) is 7. The molecule has 198 valence electrons. The van der Waals surface area contributed by atoms with Gasteiger partial charge in [-0.1, -0.05) is 37.3 Å². The fourth-order valence-corrected chi connectivity index (χ4v) is 6.05. The zero-order valence-corrected chi connectivity index (χ0v) is 22.7. The molecule has 37 heavy (non-hydrogen) atoms. The summed E-state index contributed by atoms with van der Waals surface area (Å²) < 4.78 is 35.5. The molecule has 1 amide bonds. The molecule has 1 aromatic carbocycles. The maximum absolute atomic E-state index is 13.0. The molecule has 0 aliphatic carbocycles. The molecule has 0 spiro atoms. The van der Waals surface area contributed by atoms with Gasteiger partial charge in [0, 0.05) is 31.6 Å². The molecule has 0 saturated carbocycles. The SMILES string of the molecule is Cc1cc(N2CC[C@](C)(c3ccccc3)C2)cn2nc(S(=O)(=O)NC3CN(C(=O)OC(C)(C)C)C3)nc12. The molecular formula is C26H34N6O4S. The lowest BCUT2D eigenvalue weighted by Gasteiger charge is -2.39. The molecule has 3 aromatic rings. The van der Waals surface area contributed by atoms with Crippen molar-refractivity contribution in [2.24, 2.45) is 0 Å². The predicted octanol–water partition coefficient (Wildman–Crippen LogP) is 3.10. The Hall–Kier alpha value is -3.18. The number of nitrogens with zero attached hydrogens (tertiary/aromatic N) is 5.